The summed E-state index contributed by atoms with van der Waals surface area (Å²) in [5.41, 5.74) is 2.90. The highest BCUT2D eigenvalue weighted by atomic mass is 15.1. The Balaban J connectivity index is 1.92. The zero-order valence-corrected chi connectivity index (χ0v) is 13.1. The summed E-state index contributed by atoms with van der Waals surface area (Å²) >= 11 is 0. The van der Waals surface area contributed by atoms with Gasteiger partial charge in [-0.15, -0.1) is 0 Å². The van der Waals surface area contributed by atoms with Gasteiger partial charge in [0.2, 0.25) is 0 Å². The molecule has 1 fully saturated rings. The van der Waals surface area contributed by atoms with Gasteiger partial charge in [0.1, 0.15) is 0 Å². The Labute approximate surface area is 124 Å². The summed E-state index contributed by atoms with van der Waals surface area (Å²) in [6.07, 6.45) is 10.6. The summed E-state index contributed by atoms with van der Waals surface area (Å²) in [4.78, 5) is 2.71. The summed E-state index contributed by atoms with van der Waals surface area (Å²) in [7, 11) is 0. The minimum Gasteiger partial charge on any atom is -0.296 e. The summed E-state index contributed by atoms with van der Waals surface area (Å²) < 4.78 is 0. The molecular formula is C19H29N. The quantitative estimate of drug-likeness (QED) is 0.670. The Morgan fingerprint density at radius 1 is 1.10 bits per heavy atom. The Hall–Kier alpha value is -1.08. The fraction of sp³-hybridized carbons (Fsp3) is 0.579. The van der Waals surface area contributed by atoms with E-state index in [4.69, 9.17) is 0 Å². The molecule has 1 saturated carbocycles. The molecular weight excluding hydrogens is 242 g/mol. The number of benzene rings is 1. The van der Waals surface area contributed by atoms with Crippen molar-refractivity contribution in [3.8, 4) is 0 Å². The summed E-state index contributed by atoms with van der Waals surface area (Å²) in [5, 5.41) is 0. The van der Waals surface area contributed by atoms with Crippen molar-refractivity contribution in [2.75, 3.05) is 13.1 Å². The minimum atomic E-state index is 0.808. The third-order valence-electron chi connectivity index (χ3n) is 4.36. The van der Waals surface area contributed by atoms with Gasteiger partial charge in [-0.25, -0.2) is 0 Å². The monoisotopic (exact) mass is 271 g/mol. The third-order valence-corrected chi connectivity index (χ3v) is 4.36. The van der Waals surface area contributed by atoms with E-state index in [1.54, 1.807) is 0 Å². The molecule has 0 atom stereocenters. The molecule has 2 rings (SSSR count). The highest BCUT2D eigenvalue weighted by Gasteiger charge is 2.19. The largest absolute Gasteiger partial charge is 0.296 e. The smallest absolute Gasteiger partial charge is 0.0168 e. The van der Waals surface area contributed by atoms with E-state index in [2.05, 4.69) is 55.2 Å². The fourth-order valence-corrected chi connectivity index (χ4v) is 3.09. The van der Waals surface area contributed by atoms with Crippen molar-refractivity contribution < 1.29 is 0 Å². The lowest BCUT2D eigenvalue weighted by Gasteiger charge is -2.33. The zero-order chi connectivity index (χ0) is 14.2. The van der Waals surface area contributed by atoms with Crippen LogP contribution in [0.25, 0.3) is 0 Å². The molecule has 0 radical (unpaired) electrons. The molecule has 1 aliphatic rings. The first-order valence-electron chi connectivity index (χ1n) is 8.17. The third kappa shape index (κ3) is 5.13. The van der Waals surface area contributed by atoms with E-state index in [1.165, 1.54) is 56.2 Å². The standard InChI is InChI=1S/C19H29N/c1-17(2)13-15-20(19-11-7-4-8-12-19)16-14-18-9-5-3-6-10-18/h3,5-6,9-10,13,19H,4,7-8,11-12,14-16H2,1-2H3. The number of hydrogen-bond donors (Lipinski definition) is 0. The van der Waals surface area contributed by atoms with E-state index in [0.717, 1.165) is 12.6 Å². The number of rotatable bonds is 6. The maximum atomic E-state index is 2.71. The van der Waals surface area contributed by atoms with Crippen molar-refractivity contribution in [3.05, 3.63) is 47.5 Å². The molecule has 1 nitrogen and oxygen atoms in total. The van der Waals surface area contributed by atoms with E-state index in [1.807, 2.05) is 0 Å². The lowest BCUT2D eigenvalue weighted by atomic mass is 9.93. The van der Waals surface area contributed by atoms with Crippen LogP contribution in [0.4, 0.5) is 0 Å². The van der Waals surface area contributed by atoms with Gasteiger partial charge in [-0.3, -0.25) is 4.90 Å². The topological polar surface area (TPSA) is 3.24 Å². The van der Waals surface area contributed by atoms with Crippen LogP contribution in [0.1, 0.15) is 51.5 Å². The molecule has 0 unspecified atom stereocenters. The van der Waals surface area contributed by atoms with Gasteiger partial charge in [0.15, 0.2) is 0 Å². The van der Waals surface area contributed by atoms with E-state index < -0.39 is 0 Å². The zero-order valence-electron chi connectivity index (χ0n) is 13.1. The van der Waals surface area contributed by atoms with Crippen molar-refractivity contribution >= 4 is 0 Å². The molecule has 0 N–H and O–H groups in total. The average Bonchev–Trinajstić information content (AvgIpc) is 2.49. The molecule has 0 bridgehead atoms. The maximum absolute atomic E-state index is 2.71. The normalized spacial score (nSPS) is 16.4. The van der Waals surface area contributed by atoms with Crippen LogP contribution in [0.15, 0.2) is 42.0 Å². The molecule has 0 spiro atoms. The molecule has 1 aromatic carbocycles. The number of hydrogen-bond acceptors (Lipinski definition) is 1. The predicted molar refractivity (Wildman–Crippen MR) is 88.0 cm³/mol. The summed E-state index contributed by atoms with van der Waals surface area (Å²) in [6.45, 7) is 6.73. The van der Waals surface area contributed by atoms with Gasteiger partial charge in [-0.2, -0.15) is 0 Å². The molecule has 1 heteroatoms. The summed E-state index contributed by atoms with van der Waals surface area (Å²) in [6, 6.07) is 11.7. The Morgan fingerprint density at radius 2 is 1.80 bits per heavy atom. The van der Waals surface area contributed by atoms with Crippen molar-refractivity contribution in [2.45, 2.75) is 58.4 Å². The molecule has 1 aromatic rings. The Kier molecular flexibility index (Phi) is 6.32. The van der Waals surface area contributed by atoms with E-state index in [-0.39, 0.29) is 0 Å². The van der Waals surface area contributed by atoms with Crippen LogP contribution in [0.2, 0.25) is 0 Å². The first-order valence-corrected chi connectivity index (χ1v) is 8.17. The molecule has 110 valence electrons. The van der Waals surface area contributed by atoms with Gasteiger partial charge in [0.05, 0.1) is 0 Å². The van der Waals surface area contributed by atoms with Crippen LogP contribution in [0.3, 0.4) is 0 Å². The van der Waals surface area contributed by atoms with Gasteiger partial charge in [-0.1, -0.05) is 61.2 Å². The van der Waals surface area contributed by atoms with Crippen molar-refractivity contribution in [1.82, 2.24) is 4.90 Å². The van der Waals surface area contributed by atoms with Gasteiger partial charge < -0.3 is 0 Å². The van der Waals surface area contributed by atoms with Crippen molar-refractivity contribution in [3.63, 3.8) is 0 Å². The SMILES string of the molecule is CC(C)=CCN(CCc1ccccc1)C1CCCCC1. The van der Waals surface area contributed by atoms with Crippen molar-refractivity contribution in [2.24, 2.45) is 0 Å². The first kappa shape index (κ1) is 15.3. The summed E-state index contributed by atoms with van der Waals surface area (Å²) in [5.74, 6) is 0. The molecule has 1 aliphatic carbocycles. The van der Waals surface area contributed by atoms with Crippen LogP contribution in [-0.2, 0) is 6.42 Å². The van der Waals surface area contributed by atoms with Crippen LogP contribution in [0, 0.1) is 0 Å². The molecule has 0 aromatic heterocycles. The van der Waals surface area contributed by atoms with Gasteiger partial charge in [0.25, 0.3) is 0 Å². The Bertz CT molecular complexity index is 397. The minimum absolute atomic E-state index is 0.808. The van der Waals surface area contributed by atoms with Gasteiger partial charge in [-0.05, 0) is 38.7 Å². The first-order chi connectivity index (χ1) is 9.75. The molecule has 20 heavy (non-hydrogen) atoms. The van der Waals surface area contributed by atoms with Crippen molar-refractivity contribution in [1.29, 1.82) is 0 Å². The van der Waals surface area contributed by atoms with Crippen LogP contribution in [0.5, 0.6) is 0 Å². The number of allylic oxidation sites excluding steroid dienone is 1. The second-order valence-corrected chi connectivity index (χ2v) is 6.30. The van der Waals surface area contributed by atoms with E-state index >= 15 is 0 Å². The second-order valence-electron chi connectivity index (χ2n) is 6.30. The van der Waals surface area contributed by atoms with Gasteiger partial charge >= 0.3 is 0 Å². The van der Waals surface area contributed by atoms with Crippen LogP contribution >= 0.6 is 0 Å². The van der Waals surface area contributed by atoms with E-state index in [0.29, 0.717) is 0 Å². The predicted octanol–water partition coefficient (Wildman–Crippen LogP) is 4.83. The highest BCUT2D eigenvalue weighted by Crippen LogP contribution is 2.23. The lowest BCUT2D eigenvalue weighted by Crippen LogP contribution is -2.38. The van der Waals surface area contributed by atoms with E-state index in [9.17, 15) is 0 Å². The fourth-order valence-electron chi connectivity index (χ4n) is 3.09. The van der Waals surface area contributed by atoms with Crippen LogP contribution in [-0.4, -0.2) is 24.0 Å². The second kappa shape index (κ2) is 8.26. The Morgan fingerprint density at radius 3 is 2.45 bits per heavy atom. The molecule has 0 heterocycles. The molecule has 0 amide bonds. The van der Waals surface area contributed by atoms with Gasteiger partial charge in [0, 0.05) is 19.1 Å². The number of nitrogens with zero attached hydrogens (tertiary/aromatic N) is 1. The lowest BCUT2D eigenvalue weighted by molar-refractivity contribution is 0.174. The molecule has 0 saturated heterocycles. The highest BCUT2D eigenvalue weighted by molar-refractivity contribution is 5.15. The average molecular weight is 271 g/mol. The maximum Gasteiger partial charge on any atom is 0.0168 e. The van der Waals surface area contributed by atoms with Crippen LogP contribution < -0.4 is 0 Å². The molecule has 0 aliphatic heterocycles.